The Balaban J connectivity index is 2.87. The van der Waals surface area contributed by atoms with Gasteiger partial charge in [0, 0.05) is 13.1 Å². The summed E-state index contributed by atoms with van der Waals surface area (Å²) in [5, 5.41) is 18.1. The fourth-order valence-electron chi connectivity index (χ4n) is 1.22. The quantitative estimate of drug-likeness (QED) is 0.306. The Morgan fingerprint density at radius 3 is 2.72 bits per heavy atom. The molecule has 8 nitrogen and oxygen atoms in total. The van der Waals surface area contributed by atoms with Crippen LogP contribution >= 0.6 is 0 Å². The summed E-state index contributed by atoms with van der Waals surface area (Å²) >= 11 is 0. The van der Waals surface area contributed by atoms with Gasteiger partial charge < -0.3 is 21.0 Å². The number of amidine groups is 1. The van der Waals surface area contributed by atoms with E-state index in [1.807, 2.05) is 0 Å². The van der Waals surface area contributed by atoms with Gasteiger partial charge in [-0.2, -0.15) is 5.10 Å². The zero-order chi connectivity index (χ0) is 13.9. The second kappa shape index (κ2) is 4.94. The number of aromatic nitrogens is 2. The number of hydrogen-bond donors (Lipinski definition) is 3. The molecule has 1 rings (SSSR count). The van der Waals surface area contributed by atoms with Crippen LogP contribution in [0.15, 0.2) is 11.2 Å². The first-order chi connectivity index (χ1) is 8.32. The summed E-state index contributed by atoms with van der Waals surface area (Å²) < 4.78 is 6.50. The summed E-state index contributed by atoms with van der Waals surface area (Å²) in [7, 11) is 3.19. The number of amides is 1. The Morgan fingerprint density at radius 2 is 2.28 bits per heavy atom. The normalized spacial score (nSPS) is 12.3. The molecule has 4 N–H and O–H groups in total. The minimum atomic E-state index is -1.14. The van der Waals surface area contributed by atoms with Gasteiger partial charge in [0.05, 0.1) is 7.11 Å². The Kier molecular flexibility index (Phi) is 3.79. The van der Waals surface area contributed by atoms with Crippen LogP contribution in [0.1, 0.15) is 13.8 Å². The van der Waals surface area contributed by atoms with Gasteiger partial charge in [0.1, 0.15) is 5.41 Å². The molecule has 0 saturated carbocycles. The number of anilines is 1. The molecule has 0 radical (unpaired) electrons. The highest BCUT2D eigenvalue weighted by Gasteiger charge is 2.33. The molecule has 0 saturated heterocycles. The van der Waals surface area contributed by atoms with Crippen molar-refractivity contribution in [2.24, 2.45) is 23.4 Å². The molecule has 1 amide bonds. The maximum absolute atomic E-state index is 12.0. The molecule has 0 bridgehead atoms. The third-order valence-corrected chi connectivity index (χ3v) is 2.60. The van der Waals surface area contributed by atoms with Crippen molar-refractivity contribution in [3.8, 4) is 5.88 Å². The van der Waals surface area contributed by atoms with Gasteiger partial charge in [-0.15, -0.1) is 0 Å². The number of hydrogen-bond acceptors (Lipinski definition) is 5. The highest BCUT2D eigenvalue weighted by molar-refractivity contribution is 6.10. The molecule has 8 heteroatoms. The van der Waals surface area contributed by atoms with Crippen molar-refractivity contribution in [3.05, 3.63) is 6.07 Å². The van der Waals surface area contributed by atoms with E-state index in [0.29, 0.717) is 11.7 Å². The lowest BCUT2D eigenvalue weighted by atomic mass is 9.91. The largest absolute Gasteiger partial charge is 0.481 e. The molecule has 0 aliphatic heterocycles. The summed E-state index contributed by atoms with van der Waals surface area (Å²) in [5.41, 5.74) is 4.32. The Bertz CT molecular complexity index is 478. The minimum absolute atomic E-state index is 0.178. The molecule has 1 aromatic heterocycles. The Hall–Kier alpha value is -2.25. The van der Waals surface area contributed by atoms with Crippen LogP contribution in [0, 0.1) is 5.41 Å². The van der Waals surface area contributed by atoms with Crippen LogP contribution in [0.25, 0.3) is 0 Å². The molecular weight excluding hydrogens is 238 g/mol. The number of oxime groups is 1. The van der Waals surface area contributed by atoms with Gasteiger partial charge in [0.25, 0.3) is 0 Å². The first-order valence-corrected chi connectivity index (χ1v) is 5.20. The zero-order valence-corrected chi connectivity index (χ0v) is 10.8. The molecule has 0 aliphatic rings. The van der Waals surface area contributed by atoms with Crippen LogP contribution in [0.4, 0.5) is 5.82 Å². The highest BCUT2D eigenvalue weighted by atomic mass is 16.5. The topological polar surface area (TPSA) is 115 Å². The van der Waals surface area contributed by atoms with E-state index in [9.17, 15) is 4.79 Å². The van der Waals surface area contributed by atoms with Gasteiger partial charge in [-0.1, -0.05) is 5.16 Å². The number of nitrogens with zero attached hydrogens (tertiary/aromatic N) is 3. The Labute approximate surface area is 104 Å². The van der Waals surface area contributed by atoms with Crippen LogP contribution in [0.3, 0.4) is 0 Å². The van der Waals surface area contributed by atoms with Crippen LogP contribution in [-0.4, -0.2) is 33.8 Å². The summed E-state index contributed by atoms with van der Waals surface area (Å²) in [5.74, 6) is 0.228. The predicted molar refractivity (Wildman–Crippen MR) is 65.6 cm³/mol. The number of carbonyl (C=O) groups is 1. The average molecular weight is 255 g/mol. The van der Waals surface area contributed by atoms with E-state index in [4.69, 9.17) is 15.7 Å². The molecule has 1 aromatic rings. The van der Waals surface area contributed by atoms with Gasteiger partial charge in [-0.3, -0.25) is 4.79 Å². The van der Waals surface area contributed by atoms with Crippen LogP contribution in [0.5, 0.6) is 5.88 Å². The number of rotatable bonds is 4. The van der Waals surface area contributed by atoms with E-state index < -0.39 is 11.3 Å². The predicted octanol–water partition coefficient (Wildman–Crippen LogP) is 0.140. The number of methoxy groups -OCH3 is 1. The smallest absolute Gasteiger partial charge is 0.238 e. The molecule has 0 aliphatic carbocycles. The average Bonchev–Trinajstić information content (AvgIpc) is 2.68. The number of nitrogens with two attached hydrogens (primary N) is 1. The number of carbonyl (C=O) groups excluding carboxylic acids is 1. The van der Waals surface area contributed by atoms with Crippen LogP contribution < -0.4 is 15.8 Å². The van der Waals surface area contributed by atoms with Gasteiger partial charge in [0.15, 0.2) is 11.7 Å². The third kappa shape index (κ3) is 2.53. The SMILES string of the molecule is COc1cc(NC(=O)C(C)(C)C(N)=NO)nn1C. The van der Waals surface area contributed by atoms with Crippen molar-refractivity contribution in [1.82, 2.24) is 9.78 Å². The summed E-state index contributed by atoms with van der Waals surface area (Å²) in [6.45, 7) is 3.08. The summed E-state index contributed by atoms with van der Waals surface area (Å²) in [6.07, 6.45) is 0. The van der Waals surface area contributed by atoms with Crippen molar-refractivity contribution >= 4 is 17.6 Å². The maximum atomic E-state index is 12.0. The standard InChI is InChI=1S/C10H17N5O3/c1-10(2,8(11)14-17)9(16)12-6-5-7(18-4)15(3)13-6/h5,17H,1-4H3,(H2,11,14)(H,12,13,16). The highest BCUT2D eigenvalue weighted by Crippen LogP contribution is 2.20. The number of nitrogens with one attached hydrogen (secondary N) is 1. The van der Waals surface area contributed by atoms with E-state index in [1.54, 1.807) is 13.1 Å². The van der Waals surface area contributed by atoms with Crippen molar-refractivity contribution in [1.29, 1.82) is 0 Å². The van der Waals surface area contributed by atoms with Crippen molar-refractivity contribution in [2.45, 2.75) is 13.8 Å². The molecule has 18 heavy (non-hydrogen) atoms. The second-order valence-electron chi connectivity index (χ2n) is 4.26. The van der Waals surface area contributed by atoms with Gasteiger partial charge in [0.2, 0.25) is 11.8 Å². The van der Waals surface area contributed by atoms with Crippen LogP contribution in [0.2, 0.25) is 0 Å². The zero-order valence-electron chi connectivity index (χ0n) is 10.8. The maximum Gasteiger partial charge on any atom is 0.238 e. The van der Waals surface area contributed by atoms with Gasteiger partial charge in [-0.05, 0) is 13.8 Å². The lowest BCUT2D eigenvalue weighted by Crippen LogP contribution is -2.42. The van der Waals surface area contributed by atoms with Gasteiger partial charge >= 0.3 is 0 Å². The van der Waals surface area contributed by atoms with Crippen molar-refractivity contribution in [2.75, 3.05) is 12.4 Å². The monoisotopic (exact) mass is 255 g/mol. The van der Waals surface area contributed by atoms with Crippen molar-refractivity contribution < 1.29 is 14.7 Å². The van der Waals surface area contributed by atoms with E-state index in [1.165, 1.54) is 25.6 Å². The summed E-state index contributed by atoms with van der Waals surface area (Å²) in [6, 6.07) is 1.57. The Morgan fingerprint density at radius 1 is 1.67 bits per heavy atom. The lowest BCUT2D eigenvalue weighted by Gasteiger charge is -2.20. The van der Waals surface area contributed by atoms with E-state index >= 15 is 0 Å². The first-order valence-electron chi connectivity index (χ1n) is 5.20. The van der Waals surface area contributed by atoms with E-state index in [-0.39, 0.29) is 5.84 Å². The molecule has 0 aromatic carbocycles. The first kappa shape index (κ1) is 13.8. The van der Waals surface area contributed by atoms with E-state index in [2.05, 4.69) is 15.6 Å². The number of aryl methyl sites for hydroxylation is 1. The molecule has 0 spiro atoms. The van der Waals surface area contributed by atoms with Gasteiger partial charge in [-0.25, -0.2) is 4.68 Å². The van der Waals surface area contributed by atoms with E-state index in [0.717, 1.165) is 0 Å². The molecule has 0 fully saturated rings. The minimum Gasteiger partial charge on any atom is -0.481 e. The second-order valence-corrected chi connectivity index (χ2v) is 4.26. The molecular formula is C10H17N5O3. The molecule has 1 heterocycles. The molecule has 0 atom stereocenters. The van der Waals surface area contributed by atoms with Crippen LogP contribution in [-0.2, 0) is 11.8 Å². The molecule has 100 valence electrons. The third-order valence-electron chi connectivity index (χ3n) is 2.60. The fraction of sp³-hybridized carbons (Fsp3) is 0.500. The lowest BCUT2D eigenvalue weighted by molar-refractivity contribution is -0.121. The van der Waals surface area contributed by atoms with Crippen molar-refractivity contribution in [3.63, 3.8) is 0 Å². The number of ether oxygens (including phenoxy) is 1. The fourth-order valence-corrected chi connectivity index (χ4v) is 1.22. The molecule has 0 unspecified atom stereocenters. The summed E-state index contributed by atoms with van der Waals surface area (Å²) in [4.78, 5) is 12.0.